The normalized spacial score (nSPS) is 18.9. The highest BCUT2D eigenvalue weighted by atomic mass is 35.5. The van der Waals surface area contributed by atoms with Gasteiger partial charge in [-0.3, -0.25) is 4.79 Å². The number of anilines is 1. The lowest BCUT2D eigenvalue weighted by Crippen LogP contribution is -2.45. The number of methoxy groups -OCH3 is 1. The Kier molecular flexibility index (Phi) is 8.31. The van der Waals surface area contributed by atoms with Gasteiger partial charge in [-0.15, -0.1) is 0 Å². The lowest BCUT2D eigenvalue weighted by atomic mass is 9.98. The Morgan fingerprint density at radius 2 is 1.87 bits per heavy atom. The number of halogens is 1. The first kappa shape index (κ1) is 26.9. The van der Waals surface area contributed by atoms with Gasteiger partial charge >= 0.3 is 5.97 Å². The molecule has 0 aliphatic carbocycles. The van der Waals surface area contributed by atoms with Gasteiger partial charge in [0.25, 0.3) is 0 Å². The molecule has 0 spiro atoms. The summed E-state index contributed by atoms with van der Waals surface area (Å²) < 4.78 is 5.47. The fourth-order valence-corrected chi connectivity index (χ4v) is 5.90. The van der Waals surface area contributed by atoms with Crippen LogP contribution in [0, 0.1) is 5.92 Å². The van der Waals surface area contributed by atoms with E-state index in [4.69, 9.17) is 21.3 Å². The predicted octanol–water partition coefficient (Wildman–Crippen LogP) is 4.68. The van der Waals surface area contributed by atoms with Crippen molar-refractivity contribution < 1.29 is 19.4 Å². The Hall–Kier alpha value is -3.65. The number of hydrogen-bond donors (Lipinski definition) is 1. The lowest BCUT2D eigenvalue weighted by molar-refractivity contribution is -0.132. The summed E-state index contributed by atoms with van der Waals surface area (Å²) in [5.74, 6) is 0.630. The topological polar surface area (TPSA) is 95.9 Å². The molecule has 204 valence electrons. The molecule has 1 N–H and O–H groups in total. The SMILES string of the molecule is COc1ccccc1CC(=O)N1CCCC[C@H]2CN(c3ncc(C(=O)O)c(CCc4ccc(Cl)cc4)n3)C[C@@H]21. The predicted molar refractivity (Wildman–Crippen MR) is 150 cm³/mol. The van der Waals surface area contributed by atoms with Crippen LogP contribution >= 0.6 is 11.6 Å². The van der Waals surface area contributed by atoms with Crippen LogP contribution < -0.4 is 9.64 Å². The van der Waals surface area contributed by atoms with Gasteiger partial charge < -0.3 is 19.6 Å². The molecule has 0 radical (unpaired) electrons. The molecule has 2 aromatic carbocycles. The zero-order valence-electron chi connectivity index (χ0n) is 22.1. The molecule has 2 atom stereocenters. The van der Waals surface area contributed by atoms with Gasteiger partial charge in [-0.1, -0.05) is 48.4 Å². The van der Waals surface area contributed by atoms with Crippen LogP contribution in [-0.2, 0) is 24.1 Å². The standard InChI is InChI=1S/C30H33ClN4O4/c1-39-27-8-3-2-6-21(27)16-28(36)35-15-5-4-7-22-18-34(19-26(22)35)30-32-17-24(29(37)38)25(33-30)14-11-20-9-12-23(31)13-10-20/h2-3,6,8-10,12-13,17,22,26H,4-5,7,11,14-16,18-19H2,1H3,(H,37,38)/t22-,26-/m0/s1. The van der Waals surface area contributed by atoms with Crippen LogP contribution in [0.5, 0.6) is 5.75 Å². The van der Waals surface area contributed by atoms with Gasteiger partial charge in [0.1, 0.15) is 5.75 Å². The minimum absolute atomic E-state index is 0.0648. The second-order valence-electron chi connectivity index (χ2n) is 10.3. The van der Waals surface area contributed by atoms with Crippen LogP contribution in [0.2, 0.25) is 5.02 Å². The van der Waals surface area contributed by atoms with E-state index in [1.807, 2.05) is 53.4 Å². The molecule has 0 unspecified atom stereocenters. The van der Waals surface area contributed by atoms with Crippen LogP contribution in [-0.4, -0.2) is 64.6 Å². The second kappa shape index (κ2) is 12.0. The van der Waals surface area contributed by atoms with Crippen molar-refractivity contribution in [2.45, 2.75) is 44.6 Å². The van der Waals surface area contributed by atoms with E-state index in [-0.39, 0.29) is 17.5 Å². The number of nitrogens with zero attached hydrogens (tertiary/aromatic N) is 4. The number of rotatable bonds is 8. The minimum Gasteiger partial charge on any atom is -0.496 e. The number of para-hydroxylation sites is 1. The molecule has 8 nitrogen and oxygen atoms in total. The van der Waals surface area contributed by atoms with Gasteiger partial charge in [-0.25, -0.2) is 14.8 Å². The number of carbonyl (C=O) groups excluding carboxylic acids is 1. The first-order chi connectivity index (χ1) is 18.9. The molecule has 2 saturated heterocycles. The number of carbonyl (C=O) groups is 2. The number of amides is 1. The lowest BCUT2D eigenvalue weighted by Gasteiger charge is -2.30. The molecule has 1 amide bonds. The fraction of sp³-hybridized carbons (Fsp3) is 0.400. The zero-order valence-corrected chi connectivity index (χ0v) is 22.8. The Labute approximate surface area is 233 Å². The fourth-order valence-electron chi connectivity index (χ4n) is 5.77. The largest absolute Gasteiger partial charge is 0.496 e. The molecule has 1 aromatic heterocycles. The van der Waals surface area contributed by atoms with E-state index in [1.54, 1.807) is 7.11 Å². The molecule has 9 heteroatoms. The highest BCUT2D eigenvalue weighted by molar-refractivity contribution is 6.30. The summed E-state index contributed by atoms with van der Waals surface area (Å²) in [7, 11) is 1.62. The van der Waals surface area contributed by atoms with Gasteiger partial charge in [0.2, 0.25) is 11.9 Å². The molecular weight excluding hydrogens is 516 g/mol. The third-order valence-corrected chi connectivity index (χ3v) is 8.07. The van der Waals surface area contributed by atoms with Crippen LogP contribution in [0.3, 0.4) is 0 Å². The highest BCUT2D eigenvalue weighted by Gasteiger charge is 2.40. The molecular formula is C30H33ClN4O4. The number of carboxylic acid groups (broad SMARTS) is 1. The first-order valence-corrected chi connectivity index (χ1v) is 13.8. The number of fused-ring (bicyclic) bond motifs is 1. The van der Waals surface area contributed by atoms with Crippen molar-refractivity contribution in [1.29, 1.82) is 0 Å². The summed E-state index contributed by atoms with van der Waals surface area (Å²) in [5, 5.41) is 10.4. The van der Waals surface area contributed by atoms with Gasteiger partial charge in [0.15, 0.2) is 0 Å². The molecule has 0 saturated carbocycles. The van der Waals surface area contributed by atoms with Crippen LogP contribution in [0.4, 0.5) is 5.95 Å². The van der Waals surface area contributed by atoms with E-state index >= 15 is 0 Å². The number of hydrogen-bond acceptors (Lipinski definition) is 6. The zero-order chi connectivity index (χ0) is 27.4. The summed E-state index contributed by atoms with van der Waals surface area (Å²) in [6, 6.07) is 15.3. The third-order valence-electron chi connectivity index (χ3n) is 7.82. The first-order valence-electron chi connectivity index (χ1n) is 13.4. The monoisotopic (exact) mass is 548 g/mol. The van der Waals surface area contributed by atoms with E-state index in [2.05, 4.69) is 9.88 Å². The Morgan fingerprint density at radius 1 is 1.08 bits per heavy atom. The Bertz CT molecular complexity index is 1330. The van der Waals surface area contributed by atoms with E-state index in [9.17, 15) is 14.7 Å². The van der Waals surface area contributed by atoms with Crippen LogP contribution in [0.15, 0.2) is 54.7 Å². The van der Waals surface area contributed by atoms with Gasteiger partial charge in [-0.2, -0.15) is 0 Å². The van der Waals surface area contributed by atoms with Crippen LogP contribution in [0.25, 0.3) is 0 Å². The van der Waals surface area contributed by atoms with Gasteiger partial charge in [0, 0.05) is 36.4 Å². The maximum atomic E-state index is 13.5. The summed E-state index contributed by atoms with van der Waals surface area (Å²) in [4.78, 5) is 38.8. The number of aromatic nitrogens is 2. The summed E-state index contributed by atoms with van der Waals surface area (Å²) in [6.07, 6.45) is 5.93. The van der Waals surface area contributed by atoms with Crippen molar-refractivity contribution >= 4 is 29.4 Å². The summed E-state index contributed by atoms with van der Waals surface area (Å²) in [6.45, 7) is 2.10. The summed E-state index contributed by atoms with van der Waals surface area (Å²) in [5.41, 5.74) is 2.58. The maximum absolute atomic E-state index is 13.5. The molecule has 2 aliphatic rings. The number of aromatic carboxylic acids is 1. The molecule has 0 bridgehead atoms. The quantitative estimate of drug-likeness (QED) is 0.436. The van der Waals surface area contributed by atoms with Gasteiger partial charge in [0.05, 0.1) is 30.8 Å². The molecule has 5 rings (SSSR count). The van der Waals surface area contributed by atoms with Crippen molar-refractivity contribution in [2.75, 3.05) is 31.6 Å². The van der Waals surface area contributed by atoms with Crippen molar-refractivity contribution in [3.63, 3.8) is 0 Å². The number of carboxylic acids is 1. The van der Waals surface area contributed by atoms with E-state index in [0.29, 0.717) is 48.4 Å². The number of ether oxygens (including phenoxy) is 1. The number of likely N-dealkylation sites (tertiary alicyclic amines) is 1. The van der Waals surface area contributed by atoms with Crippen molar-refractivity contribution in [1.82, 2.24) is 14.9 Å². The maximum Gasteiger partial charge on any atom is 0.339 e. The summed E-state index contributed by atoms with van der Waals surface area (Å²) >= 11 is 6.00. The molecule has 39 heavy (non-hydrogen) atoms. The third kappa shape index (κ3) is 6.17. The average molecular weight is 549 g/mol. The molecule has 3 aromatic rings. The number of benzene rings is 2. The average Bonchev–Trinajstić information content (AvgIpc) is 3.26. The van der Waals surface area contributed by atoms with Crippen molar-refractivity contribution in [3.05, 3.63) is 82.1 Å². The van der Waals surface area contributed by atoms with E-state index in [1.165, 1.54) is 6.20 Å². The van der Waals surface area contributed by atoms with Crippen molar-refractivity contribution in [2.24, 2.45) is 5.92 Å². The molecule has 2 fully saturated rings. The number of aryl methyl sites for hydroxylation is 2. The molecule has 3 heterocycles. The van der Waals surface area contributed by atoms with Crippen LogP contribution in [0.1, 0.15) is 46.4 Å². The van der Waals surface area contributed by atoms with Gasteiger partial charge in [-0.05, 0) is 55.4 Å². The van der Waals surface area contributed by atoms with E-state index < -0.39 is 5.97 Å². The Balaban J connectivity index is 1.34. The Morgan fingerprint density at radius 3 is 2.64 bits per heavy atom. The van der Waals surface area contributed by atoms with Crippen molar-refractivity contribution in [3.8, 4) is 5.75 Å². The minimum atomic E-state index is -1.03. The smallest absolute Gasteiger partial charge is 0.339 e. The second-order valence-corrected chi connectivity index (χ2v) is 10.7. The molecule has 2 aliphatic heterocycles. The van der Waals surface area contributed by atoms with E-state index in [0.717, 1.165) is 49.2 Å². The highest BCUT2D eigenvalue weighted by Crippen LogP contribution is 2.33.